The Bertz CT molecular complexity index is 521. The molecule has 1 heterocycles. The van der Waals surface area contributed by atoms with Crippen molar-refractivity contribution in [2.45, 2.75) is 6.18 Å². The Balaban J connectivity index is 2.54. The summed E-state index contributed by atoms with van der Waals surface area (Å²) in [4.78, 5) is 3.28. The van der Waals surface area contributed by atoms with Gasteiger partial charge in [-0.25, -0.2) is 4.98 Å². The van der Waals surface area contributed by atoms with Gasteiger partial charge in [0.05, 0.1) is 0 Å². The highest BCUT2D eigenvalue weighted by Crippen LogP contribution is 2.31. The number of aromatic nitrogens is 1. The van der Waals surface area contributed by atoms with Crippen molar-refractivity contribution in [3.05, 3.63) is 48.2 Å². The average molecular weight is 238 g/mol. The number of anilines is 1. The maximum Gasteiger partial charge on any atom is 0.433 e. The van der Waals surface area contributed by atoms with E-state index >= 15 is 0 Å². The van der Waals surface area contributed by atoms with Gasteiger partial charge < -0.3 is 5.73 Å². The van der Waals surface area contributed by atoms with Crippen molar-refractivity contribution >= 4 is 5.82 Å². The third-order valence-corrected chi connectivity index (χ3v) is 2.24. The normalized spacial score (nSPS) is 11.5. The number of halogens is 3. The Kier molecular flexibility index (Phi) is 2.75. The zero-order chi connectivity index (χ0) is 12.5. The van der Waals surface area contributed by atoms with E-state index in [2.05, 4.69) is 4.98 Å². The second kappa shape index (κ2) is 4.08. The molecule has 88 valence electrons. The first-order valence-electron chi connectivity index (χ1n) is 4.87. The molecule has 0 aliphatic carbocycles. The van der Waals surface area contributed by atoms with E-state index in [4.69, 9.17) is 5.73 Å². The van der Waals surface area contributed by atoms with E-state index in [1.807, 2.05) is 0 Å². The fourth-order valence-corrected chi connectivity index (χ4v) is 1.49. The smallest absolute Gasteiger partial charge is 0.384 e. The number of hydrogen-bond acceptors (Lipinski definition) is 2. The molecule has 5 heteroatoms. The van der Waals surface area contributed by atoms with Crippen LogP contribution in [-0.2, 0) is 6.18 Å². The van der Waals surface area contributed by atoms with Gasteiger partial charge in [0.1, 0.15) is 11.5 Å². The number of nitrogen functional groups attached to an aromatic ring is 1. The SMILES string of the molecule is Nc1cc(-c2ccccc2)cc(C(F)(F)F)n1. The van der Waals surface area contributed by atoms with Crippen LogP contribution in [0.1, 0.15) is 5.69 Å². The van der Waals surface area contributed by atoms with Crippen LogP contribution in [0, 0.1) is 0 Å². The lowest BCUT2D eigenvalue weighted by Crippen LogP contribution is -2.09. The second-order valence-electron chi connectivity index (χ2n) is 3.53. The van der Waals surface area contributed by atoms with Gasteiger partial charge in [-0.2, -0.15) is 13.2 Å². The van der Waals surface area contributed by atoms with Gasteiger partial charge in [0.25, 0.3) is 0 Å². The topological polar surface area (TPSA) is 38.9 Å². The lowest BCUT2D eigenvalue weighted by atomic mass is 10.1. The van der Waals surface area contributed by atoms with E-state index in [-0.39, 0.29) is 5.82 Å². The predicted octanol–water partition coefficient (Wildman–Crippen LogP) is 3.35. The molecule has 2 nitrogen and oxygen atoms in total. The Morgan fingerprint density at radius 2 is 1.59 bits per heavy atom. The maximum absolute atomic E-state index is 12.5. The molecular formula is C12H9F3N2. The minimum absolute atomic E-state index is 0.140. The van der Waals surface area contributed by atoms with Crippen molar-refractivity contribution in [2.24, 2.45) is 0 Å². The zero-order valence-electron chi connectivity index (χ0n) is 8.70. The fourth-order valence-electron chi connectivity index (χ4n) is 1.49. The molecule has 0 bridgehead atoms. The third kappa shape index (κ3) is 2.55. The highest BCUT2D eigenvalue weighted by atomic mass is 19.4. The minimum atomic E-state index is -4.49. The summed E-state index contributed by atoms with van der Waals surface area (Å²) in [6.07, 6.45) is -4.49. The molecule has 0 radical (unpaired) electrons. The van der Waals surface area contributed by atoms with Gasteiger partial charge in [-0.05, 0) is 23.3 Å². The van der Waals surface area contributed by atoms with Crippen molar-refractivity contribution in [1.82, 2.24) is 4.98 Å². The van der Waals surface area contributed by atoms with Crippen molar-refractivity contribution in [1.29, 1.82) is 0 Å². The molecule has 2 rings (SSSR count). The number of pyridine rings is 1. The summed E-state index contributed by atoms with van der Waals surface area (Å²) >= 11 is 0. The summed E-state index contributed by atoms with van der Waals surface area (Å²) in [6.45, 7) is 0. The predicted molar refractivity (Wildman–Crippen MR) is 59.1 cm³/mol. The summed E-state index contributed by atoms with van der Waals surface area (Å²) in [5.74, 6) is -0.140. The Morgan fingerprint density at radius 1 is 0.941 bits per heavy atom. The van der Waals surface area contributed by atoms with E-state index < -0.39 is 11.9 Å². The quantitative estimate of drug-likeness (QED) is 0.827. The van der Waals surface area contributed by atoms with E-state index in [9.17, 15) is 13.2 Å². The van der Waals surface area contributed by atoms with Crippen molar-refractivity contribution in [2.75, 3.05) is 5.73 Å². The molecule has 0 saturated carbocycles. The molecule has 0 unspecified atom stereocenters. The first kappa shape index (κ1) is 11.4. The standard InChI is InChI=1S/C12H9F3N2/c13-12(14,15)10-6-9(7-11(16)17-10)8-4-2-1-3-5-8/h1-7H,(H2,16,17). The van der Waals surface area contributed by atoms with Crippen LogP contribution in [0.5, 0.6) is 0 Å². The number of rotatable bonds is 1. The van der Waals surface area contributed by atoms with E-state index in [1.165, 1.54) is 6.07 Å². The Hall–Kier alpha value is -2.04. The van der Waals surface area contributed by atoms with Crippen LogP contribution in [-0.4, -0.2) is 4.98 Å². The van der Waals surface area contributed by atoms with Gasteiger partial charge in [-0.3, -0.25) is 0 Å². The van der Waals surface area contributed by atoms with Crippen molar-refractivity contribution < 1.29 is 13.2 Å². The molecule has 1 aromatic heterocycles. The molecule has 1 aromatic carbocycles. The van der Waals surface area contributed by atoms with E-state index in [0.29, 0.717) is 11.1 Å². The monoisotopic (exact) mass is 238 g/mol. The van der Waals surface area contributed by atoms with Gasteiger partial charge in [-0.15, -0.1) is 0 Å². The lowest BCUT2D eigenvalue weighted by molar-refractivity contribution is -0.141. The van der Waals surface area contributed by atoms with Crippen LogP contribution >= 0.6 is 0 Å². The minimum Gasteiger partial charge on any atom is -0.384 e. The molecule has 2 N–H and O–H groups in total. The molecule has 0 saturated heterocycles. The number of benzene rings is 1. The van der Waals surface area contributed by atoms with Crippen molar-refractivity contribution in [3.8, 4) is 11.1 Å². The Labute approximate surface area is 95.9 Å². The maximum atomic E-state index is 12.5. The van der Waals surface area contributed by atoms with E-state index in [0.717, 1.165) is 6.07 Å². The van der Waals surface area contributed by atoms with Gasteiger partial charge in [0.2, 0.25) is 0 Å². The number of alkyl halides is 3. The van der Waals surface area contributed by atoms with Crippen LogP contribution in [0.4, 0.5) is 19.0 Å². The van der Waals surface area contributed by atoms with Crippen LogP contribution in [0.25, 0.3) is 11.1 Å². The highest BCUT2D eigenvalue weighted by Gasteiger charge is 2.33. The third-order valence-electron chi connectivity index (χ3n) is 2.24. The molecule has 0 fully saturated rings. The zero-order valence-corrected chi connectivity index (χ0v) is 8.70. The molecular weight excluding hydrogens is 229 g/mol. The van der Waals surface area contributed by atoms with Crippen LogP contribution in [0.15, 0.2) is 42.5 Å². The number of nitrogens with two attached hydrogens (primary N) is 1. The summed E-state index contributed by atoms with van der Waals surface area (Å²) in [5, 5.41) is 0. The number of hydrogen-bond donors (Lipinski definition) is 1. The molecule has 0 aliphatic rings. The molecule has 0 atom stereocenters. The first-order valence-corrected chi connectivity index (χ1v) is 4.87. The largest absolute Gasteiger partial charge is 0.433 e. The molecule has 17 heavy (non-hydrogen) atoms. The second-order valence-corrected chi connectivity index (χ2v) is 3.53. The van der Waals surface area contributed by atoms with Gasteiger partial charge >= 0.3 is 6.18 Å². The molecule has 0 aliphatic heterocycles. The Morgan fingerprint density at radius 3 is 2.18 bits per heavy atom. The van der Waals surface area contributed by atoms with Crippen LogP contribution in [0.2, 0.25) is 0 Å². The molecule has 0 spiro atoms. The first-order chi connectivity index (χ1) is 7.97. The highest BCUT2D eigenvalue weighted by molar-refractivity contribution is 5.66. The summed E-state index contributed by atoms with van der Waals surface area (Å²) < 4.78 is 37.6. The van der Waals surface area contributed by atoms with Crippen LogP contribution in [0.3, 0.4) is 0 Å². The number of nitrogens with zero attached hydrogens (tertiary/aromatic N) is 1. The van der Waals surface area contributed by atoms with E-state index in [1.54, 1.807) is 30.3 Å². The summed E-state index contributed by atoms with van der Waals surface area (Å²) in [5.41, 5.74) is 5.49. The fraction of sp³-hybridized carbons (Fsp3) is 0.0833. The summed E-state index contributed by atoms with van der Waals surface area (Å²) in [6, 6.07) is 11.1. The van der Waals surface area contributed by atoms with Gasteiger partial charge in [0.15, 0.2) is 0 Å². The molecule has 0 amide bonds. The lowest BCUT2D eigenvalue weighted by Gasteiger charge is -2.09. The van der Waals surface area contributed by atoms with Crippen molar-refractivity contribution in [3.63, 3.8) is 0 Å². The van der Waals surface area contributed by atoms with Gasteiger partial charge in [-0.1, -0.05) is 30.3 Å². The molecule has 2 aromatic rings. The van der Waals surface area contributed by atoms with Gasteiger partial charge in [0, 0.05) is 0 Å². The summed E-state index contributed by atoms with van der Waals surface area (Å²) in [7, 11) is 0. The average Bonchev–Trinajstić information content (AvgIpc) is 2.28. The van der Waals surface area contributed by atoms with Crippen LogP contribution < -0.4 is 5.73 Å².